The summed E-state index contributed by atoms with van der Waals surface area (Å²) in [5.74, 6) is -1.17. The fraction of sp³-hybridized carbons (Fsp3) is 0.429. The maximum atomic E-state index is 11.8. The minimum absolute atomic E-state index is 0.0107. The molecule has 1 aromatic carbocycles. The zero-order valence-electron chi connectivity index (χ0n) is 11.0. The Bertz CT molecular complexity index is 462. The molecule has 0 heterocycles. The van der Waals surface area contributed by atoms with Crippen LogP contribution in [0.4, 0.5) is 0 Å². The van der Waals surface area contributed by atoms with Gasteiger partial charge in [0.1, 0.15) is 0 Å². The quantitative estimate of drug-likeness (QED) is 0.843. The first-order chi connectivity index (χ1) is 8.90. The van der Waals surface area contributed by atoms with Crippen LogP contribution in [-0.2, 0) is 9.59 Å². The van der Waals surface area contributed by atoms with Gasteiger partial charge in [0.2, 0.25) is 5.91 Å². The summed E-state index contributed by atoms with van der Waals surface area (Å²) in [6, 6.07) is 7.58. The maximum absolute atomic E-state index is 11.8. The van der Waals surface area contributed by atoms with E-state index in [1.54, 1.807) is 6.92 Å². The van der Waals surface area contributed by atoms with Crippen LogP contribution in [0.2, 0.25) is 0 Å². The summed E-state index contributed by atoms with van der Waals surface area (Å²) >= 11 is 3.44. The van der Waals surface area contributed by atoms with Gasteiger partial charge in [0.25, 0.3) is 0 Å². The Hall–Kier alpha value is -1.36. The van der Waals surface area contributed by atoms with Crippen LogP contribution in [0.5, 0.6) is 0 Å². The van der Waals surface area contributed by atoms with Crippen molar-refractivity contribution in [1.29, 1.82) is 0 Å². The number of carboxylic acid groups (broad SMARTS) is 1. The summed E-state index contributed by atoms with van der Waals surface area (Å²) in [7, 11) is 0. The van der Waals surface area contributed by atoms with Crippen molar-refractivity contribution in [2.24, 2.45) is 5.92 Å². The molecule has 19 heavy (non-hydrogen) atoms. The van der Waals surface area contributed by atoms with Gasteiger partial charge in [-0.3, -0.25) is 9.59 Å². The molecule has 1 rings (SSSR count). The highest BCUT2D eigenvalue weighted by atomic mass is 79.9. The lowest BCUT2D eigenvalue weighted by Crippen LogP contribution is -2.28. The second kappa shape index (κ2) is 7.28. The largest absolute Gasteiger partial charge is 0.481 e. The fourth-order valence-electron chi connectivity index (χ4n) is 1.89. The van der Waals surface area contributed by atoms with Crippen molar-refractivity contribution in [2.75, 3.05) is 0 Å². The number of aliphatic carboxylic acids is 1. The number of carboxylic acids is 1. The molecular formula is C14H18BrNO3. The molecule has 2 N–H and O–H groups in total. The van der Waals surface area contributed by atoms with E-state index in [9.17, 15) is 9.59 Å². The lowest BCUT2D eigenvalue weighted by atomic mass is 10.0. The smallest absolute Gasteiger partial charge is 0.303 e. The number of halogens is 1. The molecule has 0 fully saturated rings. The Kier molecular flexibility index (Phi) is 6.02. The summed E-state index contributed by atoms with van der Waals surface area (Å²) in [5, 5.41) is 11.5. The van der Waals surface area contributed by atoms with E-state index in [4.69, 9.17) is 5.11 Å². The molecule has 0 aromatic heterocycles. The van der Waals surface area contributed by atoms with Crippen LogP contribution in [0.3, 0.4) is 0 Å². The zero-order valence-corrected chi connectivity index (χ0v) is 12.6. The van der Waals surface area contributed by atoms with Crippen molar-refractivity contribution in [3.05, 3.63) is 34.3 Å². The number of benzene rings is 1. The van der Waals surface area contributed by atoms with Crippen molar-refractivity contribution in [2.45, 2.75) is 32.7 Å². The summed E-state index contributed by atoms with van der Waals surface area (Å²) in [6.45, 7) is 3.66. The second-order valence-electron chi connectivity index (χ2n) is 4.72. The van der Waals surface area contributed by atoms with Gasteiger partial charge in [-0.1, -0.05) is 41.1 Å². The minimum atomic E-state index is -0.876. The third-order valence-corrected chi connectivity index (χ3v) is 3.53. The number of amides is 1. The van der Waals surface area contributed by atoms with Crippen LogP contribution in [0, 0.1) is 5.92 Å². The summed E-state index contributed by atoms with van der Waals surface area (Å²) in [6.07, 6.45) is 0.234. The molecule has 0 aliphatic carbocycles. The highest BCUT2D eigenvalue weighted by Gasteiger charge is 2.16. The fourth-order valence-corrected chi connectivity index (χ4v) is 2.52. The average molecular weight is 328 g/mol. The molecule has 0 saturated heterocycles. The van der Waals surface area contributed by atoms with Crippen LogP contribution in [-0.4, -0.2) is 17.0 Å². The molecule has 0 saturated carbocycles. The standard InChI is InChI=1S/C14H18BrNO3/c1-9(8-14(18)19)7-13(17)16-10(2)11-5-3-4-6-12(11)15/h3-6,9-10H,7-8H2,1-2H3,(H,16,17)(H,18,19). The molecule has 0 aliphatic rings. The minimum Gasteiger partial charge on any atom is -0.481 e. The van der Waals surface area contributed by atoms with Gasteiger partial charge >= 0.3 is 5.97 Å². The number of hydrogen-bond donors (Lipinski definition) is 2. The molecule has 104 valence electrons. The molecular weight excluding hydrogens is 310 g/mol. The number of rotatable bonds is 6. The third-order valence-electron chi connectivity index (χ3n) is 2.81. The monoisotopic (exact) mass is 327 g/mol. The van der Waals surface area contributed by atoms with E-state index < -0.39 is 5.97 Å². The van der Waals surface area contributed by atoms with Crippen molar-refractivity contribution >= 4 is 27.8 Å². The van der Waals surface area contributed by atoms with Gasteiger partial charge in [-0.05, 0) is 24.5 Å². The molecule has 0 radical (unpaired) electrons. The molecule has 5 heteroatoms. The van der Waals surface area contributed by atoms with E-state index in [1.807, 2.05) is 31.2 Å². The normalized spacial score (nSPS) is 13.6. The van der Waals surface area contributed by atoms with Gasteiger partial charge in [0.05, 0.1) is 6.04 Å². The van der Waals surface area contributed by atoms with Crippen LogP contribution >= 0.6 is 15.9 Å². The first kappa shape index (κ1) is 15.7. The molecule has 1 aromatic rings. The van der Waals surface area contributed by atoms with Gasteiger partial charge in [-0.15, -0.1) is 0 Å². The van der Waals surface area contributed by atoms with Gasteiger partial charge in [-0.2, -0.15) is 0 Å². The van der Waals surface area contributed by atoms with Crippen molar-refractivity contribution in [3.8, 4) is 0 Å². The number of carbonyl (C=O) groups is 2. The van der Waals surface area contributed by atoms with E-state index in [-0.39, 0.29) is 30.7 Å². The number of nitrogens with one attached hydrogen (secondary N) is 1. The predicted octanol–water partition coefficient (Wildman–Crippen LogP) is 3.13. The Morgan fingerprint density at radius 3 is 2.47 bits per heavy atom. The predicted molar refractivity (Wildman–Crippen MR) is 76.7 cm³/mol. The third kappa shape index (κ3) is 5.42. The van der Waals surface area contributed by atoms with Gasteiger partial charge in [0.15, 0.2) is 0 Å². The molecule has 0 spiro atoms. The Labute approximate surface area is 121 Å². The highest BCUT2D eigenvalue weighted by Crippen LogP contribution is 2.23. The van der Waals surface area contributed by atoms with E-state index in [2.05, 4.69) is 21.2 Å². The molecule has 2 unspecified atom stereocenters. The van der Waals surface area contributed by atoms with Gasteiger partial charge in [-0.25, -0.2) is 0 Å². The molecule has 0 aliphatic heterocycles. The summed E-state index contributed by atoms with van der Waals surface area (Å²) < 4.78 is 0.946. The SMILES string of the molecule is CC(CC(=O)O)CC(=O)NC(C)c1ccccc1Br. The molecule has 0 bridgehead atoms. The molecule has 4 nitrogen and oxygen atoms in total. The van der Waals surface area contributed by atoms with E-state index >= 15 is 0 Å². The zero-order chi connectivity index (χ0) is 14.4. The number of hydrogen-bond acceptors (Lipinski definition) is 2. The Morgan fingerprint density at radius 2 is 1.89 bits per heavy atom. The van der Waals surface area contributed by atoms with E-state index in [0.717, 1.165) is 10.0 Å². The van der Waals surface area contributed by atoms with Crippen molar-refractivity contribution < 1.29 is 14.7 Å². The first-order valence-electron chi connectivity index (χ1n) is 6.15. The maximum Gasteiger partial charge on any atom is 0.303 e. The number of carbonyl (C=O) groups excluding carboxylic acids is 1. The Balaban J connectivity index is 2.53. The van der Waals surface area contributed by atoms with Crippen molar-refractivity contribution in [3.63, 3.8) is 0 Å². The topological polar surface area (TPSA) is 66.4 Å². The van der Waals surface area contributed by atoms with Crippen molar-refractivity contribution in [1.82, 2.24) is 5.32 Å². The molecule has 2 atom stereocenters. The molecule has 1 amide bonds. The van der Waals surface area contributed by atoms with E-state index in [0.29, 0.717) is 0 Å². The second-order valence-corrected chi connectivity index (χ2v) is 5.57. The van der Waals surface area contributed by atoms with E-state index in [1.165, 1.54) is 0 Å². The lowest BCUT2D eigenvalue weighted by molar-refractivity contribution is -0.138. The van der Waals surface area contributed by atoms with Crippen LogP contribution in [0.1, 0.15) is 38.3 Å². The van der Waals surface area contributed by atoms with Crippen LogP contribution < -0.4 is 5.32 Å². The highest BCUT2D eigenvalue weighted by molar-refractivity contribution is 9.10. The van der Waals surface area contributed by atoms with Crippen LogP contribution in [0.25, 0.3) is 0 Å². The average Bonchev–Trinajstić information content (AvgIpc) is 2.27. The summed E-state index contributed by atoms with van der Waals surface area (Å²) in [5.41, 5.74) is 1.00. The van der Waals surface area contributed by atoms with Crippen LogP contribution in [0.15, 0.2) is 28.7 Å². The summed E-state index contributed by atoms with van der Waals surface area (Å²) in [4.78, 5) is 22.4. The Morgan fingerprint density at radius 1 is 1.26 bits per heavy atom. The first-order valence-corrected chi connectivity index (χ1v) is 6.95. The van der Waals surface area contributed by atoms with Gasteiger partial charge in [0, 0.05) is 17.3 Å². The van der Waals surface area contributed by atoms with Gasteiger partial charge < -0.3 is 10.4 Å². The lowest BCUT2D eigenvalue weighted by Gasteiger charge is -2.17.